The third-order valence-electron chi connectivity index (χ3n) is 5.69. The molecule has 0 saturated carbocycles. The molecule has 0 spiro atoms. The Kier molecular flexibility index (Phi) is 6.07. The molecule has 6 nitrogen and oxygen atoms in total. The van der Waals surface area contributed by atoms with Gasteiger partial charge in [0.25, 0.3) is 0 Å². The largest absolute Gasteiger partial charge is 0.441 e. The van der Waals surface area contributed by atoms with E-state index in [0.717, 1.165) is 68.9 Å². The van der Waals surface area contributed by atoms with E-state index >= 15 is 0 Å². The smallest absolute Gasteiger partial charge is 0.226 e. The van der Waals surface area contributed by atoms with Crippen molar-refractivity contribution in [3.05, 3.63) is 41.8 Å². The van der Waals surface area contributed by atoms with Crippen molar-refractivity contribution in [3.63, 3.8) is 0 Å². The lowest BCUT2D eigenvalue weighted by Crippen LogP contribution is -2.44. The van der Waals surface area contributed by atoms with E-state index in [9.17, 15) is 4.79 Å². The average Bonchev–Trinajstić information content (AvgIpc) is 3.37. The third kappa shape index (κ3) is 4.62. The zero-order valence-corrected chi connectivity index (χ0v) is 16.5. The Morgan fingerprint density at radius 1 is 1.25 bits per heavy atom. The fourth-order valence-corrected chi connectivity index (χ4v) is 4.07. The molecule has 2 fully saturated rings. The topological polar surface area (TPSA) is 67.6 Å². The minimum atomic E-state index is 0.0379. The van der Waals surface area contributed by atoms with Crippen molar-refractivity contribution in [2.45, 2.75) is 45.3 Å². The molecule has 2 aliphatic heterocycles. The highest BCUT2D eigenvalue weighted by atomic mass is 16.5. The molecule has 0 radical (unpaired) electrons. The number of likely N-dealkylation sites (tertiary alicyclic amines) is 1. The summed E-state index contributed by atoms with van der Waals surface area (Å²) in [5.41, 5.74) is 1.95. The summed E-state index contributed by atoms with van der Waals surface area (Å²) < 4.78 is 11.5. The SMILES string of the molecule is Cc1oc(-c2ccccc2)nc1CN1CCC[C@@H](C(=O)NC[C@@H]2CCCO2)C1. The number of nitrogens with zero attached hydrogens (tertiary/aromatic N) is 2. The standard InChI is InChI=1S/C22H29N3O3/c1-16-20(24-22(28-16)17-7-3-2-4-8-17)15-25-11-5-9-18(14-25)21(26)23-13-19-10-6-12-27-19/h2-4,7-8,18-19H,5-6,9-15H2,1H3,(H,23,26)/t18-,19+/m1/s1. The lowest BCUT2D eigenvalue weighted by molar-refractivity contribution is -0.127. The van der Waals surface area contributed by atoms with Crippen molar-refractivity contribution in [3.8, 4) is 11.5 Å². The number of piperidine rings is 1. The van der Waals surface area contributed by atoms with E-state index in [4.69, 9.17) is 14.1 Å². The number of rotatable bonds is 6. The van der Waals surface area contributed by atoms with E-state index in [1.807, 2.05) is 37.3 Å². The van der Waals surface area contributed by atoms with Crippen LogP contribution in [0, 0.1) is 12.8 Å². The first-order valence-corrected chi connectivity index (χ1v) is 10.3. The predicted molar refractivity (Wildman–Crippen MR) is 107 cm³/mol. The van der Waals surface area contributed by atoms with Crippen molar-refractivity contribution in [1.29, 1.82) is 0 Å². The Balaban J connectivity index is 1.33. The van der Waals surface area contributed by atoms with Gasteiger partial charge in [0.2, 0.25) is 11.8 Å². The first kappa shape index (κ1) is 19.2. The number of nitrogens with one attached hydrogen (secondary N) is 1. The molecule has 2 aliphatic rings. The van der Waals surface area contributed by atoms with Gasteiger partial charge in [-0.25, -0.2) is 4.98 Å². The van der Waals surface area contributed by atoms with Crippen LogP contribution in [0.2, 0.25) is 0 Å². The summed E-state index contributed by atoms with van der Waals surface area (Å²) in [4.78, 5) is 19.6. The minimum absolute atomic E-state index is 0.0379. The molecule has 0 bridgehead atoms. The Morgan fingerprint density at radius 3 is 2.89 bits per heavy atom. The molecule has 1 amide bonds. The Morgan fingerprint density at radius 2 is 2.11 bits per heavy atom. The molecule has 0 unspecified atom stereocenters. The van der Waals surface area contributed by atoms with Gasteiger partial charge in [-0.1, -0.05) is 18.2 Å². The van der Waals surface area contributed by atoms with Crippen molar-refractivity contribution in [2.75, 3.05) is 26.2 Å². The Labute approximate surface area is 166 Å². The van der Waals surface area contributed by atoms with Crippen LogP contribution in [0.1, 0.15) is 37.1 Å². The van der Waals surface area contributed by atoms with Crippen LogP contribution >= 0.6 is 0 Å². The molecule has 2 atom stereocenters. The van der Waals surface area contributed by atoms with Crippen LogP contribution in [0.25, 0.3) is 11.5 Å². The molecular weight excluding hydrogens is 354 g/mol. The first-order valence-electron chi connectivity index (χ1n) is 10.3. The van der Waals surface area contributed by atoms with Crippen LogP contribution < -0.4 is 5.32 Å². The maximum Gasteiger partial charge on any atom is 0.226 e. The zero-order chi connectivity index (χ0) is 19.3. The number of ether oxygens (including phenoxy) is 1. The summed E-state index contributed by atoms with van der Waals surface area (Å²) in [6, 6.07) is 9.96. The molecule has 1 aromatic heterocycles. The van der Waals surface area contributed by atoms with E-state index in [2.05, 4.69) is 10.2 Å². The van der Waals surface area contributed by atoms with E-state index in [0.29, 0.717) is 12.4 Å². The van der Waals surface area contributed by atoms with Gasteiger partial charge in [-0.15, -0.1) is 0 Å². The highest BCUT2D eigenvalue weighted by Gasteiger charge is 2.27. The van der Waals surface area contributed by atoms with Crippen molar-refractivity contribution >= 4 is 5.91 Å². The number of hydrogen-bond acceptors (Lipinski definition) is 5. The number of aromatic nitrogens is 1. The number of amides is 1. The Bertz CT molecular complexity index is 784. The highest BCUT2D eigenvalue weighted by molar-refractivity contribution is 5.79. The lowest BCUT2D eigenvalue weighted by atomic mass is 9.97. The van der Waals surface area contributed by atoms with Crippen LogP contribution in [0.3, 0.4) is 0 Å². The number of oxazole rings is 1. The second-order valence-corrected chi connectivity index (χ2v) is 7.84. The number of aryl methyl sites for hydroxylation is 1. The molecule has 6 heteroatoms. The van der Waals surface area contributed by atoms with Gasteiger partial charge in [-0.3, -0.25) is 9.69 Å². The van der Waals surface area contributed by atoms with Gasteiger partial charge in [-0.2, -0.15) is 0 Å². The molecular formula is C22H29N3O3. The second-order valence-electron chi connectivity index (χ2n) is 7.84. The monoisotopic (exact) mass is 383 g/mol. The van der Waals surface area contributed by atoms with Gasteiger partial charge >= 0.3 is 0 Å². The quantitative estimate of drug-likeness (QED) is 0.830. The number of carbonyl (C=O) groups excluding carboxylic acids is 1. The van der Waals surface area contributed by atoms with Gasteiger partial charge in [0.15, 0.2) is 0 Å². The molecule has 4 rings (SSSR count). The maximum atomic E-state index is 12.6. The van der Waals surface area contributed by atoms with E-state index in [1.165, 1.54) is 0 Å². The number of benzene rings is 1. The van der Waals surface area contributed by atoms with Crippen molar-refractivity contribution in [2.24, 2.45) is 5.92 Å². The predicted octanol–water partition coefficient (Wildman–Crippen LogP) is 3.16. The Hall–Kier alpha value is -2.18. The van der Waals surface area contributed by atoms with Gasteiger partial charge in [0, 0.05) is 31.8 Å². The molecule has 28 heavy (non-hydrogen) atoms. The van der Waals surface area contributed by atoms with E-state index < -0.39 is 0 Å². The molecule has 2 saturated heterocycles. The van der Waals surface area contributed by atoms with E-state index in [-0.39, 0.29) is 17.9 Å². The molecule has 0 aliphatic carbocycles. The number of hydrogen-bond donors (Lipinski definition) is 1. The summed E-state index contributed by atoms with van der Waals surface area (Å²) in [5.74, 6) is 1.71. The summed E-state index contributed by atoms with van der Waals surface area (Å²) in [6.07, 6.45) is 4.31. The van der Waals surface area contributed by atoms with Crippen LogP contribution in [0.5, 0.6) is 0 Å². The van der Waals surface area contributed by atoms with Crippen LogP contribution in [0.15, 0.2) is 34.7 Å². The highest BCUT2D eigenvalue weighted by Crippen LogP contribution is 2.24. The molecule has 3 heterocycles. The second kappa shape index (κ2) is 8.88. The van der Waals surface area contributed by atoms with Gasteiger partial charge in [0.05, 0.1) is 17.7 Å². The molecule has 2 aromatic rings. The maximum absolute atomic E-state index is 12.6. The molecule has 1 aromatic carbocycles. The third-order valence-corrected chi connectivity index (χ3v) is 5.69. The van der Waals surface area contributed by atoms with Gasteiger partial charge in [0.1, 0.15) is 5.76 Å². The summed E-state index contributed by atoms with van der Waals surface area (Å²) in [5, 5.41) is 3.09. The summed E-state index contributed by atoms with van der Waals surface area (Å²) >= 11 is 0. The van der Waals surface area contributed by atoms with Crippen molar-refractivity contribution in [1.82, 2.24) is 15.2 Å². The van der Waals surface area contributed by atoms with Gasteiger partial charge < -0.3 is 14.5 Å². The minimum Gasteiger partial charge on any atom is -0.441 e. The first-order chi connectivity index (χ1) is 13.7. The lowest BCUT2D eigenvalue weighted by Gasteiger charge is -2.31. The number of carbonyl (C=O) groups is 1. The summed E-state index contributed by atoms with van der Waals surface area (Å²) in [7, 11) is 0. The van der Waals surface area contributed by atoms with Crippen molar-refractivity contribution < 1.29 is 13.9 Å². The molecule has 150 valence electrons. The average molecular weight is 383 g/mol. The fourth-order valence-electron chi connectivity index (χ4n) is 4.07. The van der Waals surface area contributed by atoms with Crippen LogP contribution in [-0.4, -0.2) is 48.1 Å². The normalized spacial score (nSPS) is 23.0. The fraction of sp³-hybridized carbons (Fsp3) is 0.545. The molecule has 1 N–H and O–H groups in total. The van der Waals surface area contributed by atoms with Crippen LogP contribution in [-0.2, 0) is 16.1 Å². The van der Waals surface area contributed by atoms with Gasteiger partial charge in [-0.05, 0) is 51.3 Å². The zero-order valence-electron chi connectivity index (χ0n) is 16.5. The summed E-state index contributed by atoms with van der Waals surface area (Å²) in [6.45, 7) is 5.90. The van der Waals surface area contributed by atoms with Crippen LogP contribution in [0.4, 0.5) is 0 Å². The van der Waals surface area contributed by atoms with E-state index in [1.54, 1.807) is 0 Å².